The van der Waals surface area contributed by atoms with Gasteiger partial charge in [-0.05, 0) is 60.7 Å². The Bertz CT molecular complexity index is 1100. The van der Waals surface area contributed by atoms with Crippen LogP contribution in [0.4, 0.5) is 4.39 Å². The third-order valence-corrected chi connectivity index (χ3v) is 6.03. The molecule has 32 heavy (non-hydrogen) atoms. The molecular weight excluding hydrogens is 405 g/mol. The molecule has 1 aliphatic rings. The number of hydrogen-bond acceptors (Lipinski definition) is 3. The van der Waals surface area contributed by atoms with Gasteiger partial charge >= 0.3 is 0 Å². The van der Waals surface area contributed by atoms with Gasteiger partial charge in [-0.25, -0.2) is 4.39 Å². The Morgan fingerprint density at radius 2 is 1.81 bits per heavy atom. The highest BCUT2D eigenvalue weighted by Gasteiger charge is 2.45. The molecule has 4 rings (SSSR count). The molecule has 0 saturated carbocycles. The van der Waals surface area contributed by atoms with Crippen molar-refractivity contribution >= 4 is 11.8 Å². The quantitative estimate of drug-likeness (QED) is 0.639. The van der Waals surface area contributed by atoms with E-state index in [0.29, 0.717) is 38.0 Å². The van der Waals surface area contributed by atoms with Crippen LogP contribution in [0.1, 0.15) is 29.3 Å². The van der Waals surface area contributed by atoms with Crippen molar-refractivity contribution in [3.63, 3.8) is 0 Å². The van der Waals surface area contributed by atoms with Gasteiger partial charge in [0.25, 0.3) is 5.91 Å². The minimum atomic E-state index is -0.694. The Morgan fingerprint density at radius 3 is 2.53 bits per heavy atom. The molecule has 0 bridgehead atoms. The summed E-state index contributed by atoms with van der Waals surface area (Å²) in [7, 11) is 0. The molecule has 1 N–H and O–H groups in total. The molecule has 2 aromatic carbocycles. The summed E-state index contributed by atoms with van der Waals surface area (Å²) in [5, 5.41) is 2.97. The van der Waals surface area contributed by atoms with Crippen LogP contribution in [-0.4, -0.2) is 41.3 Å². The number of hydrogen-bond donors (Lipinski definition) is 1. The number of likely N-dealkylation sites (tertiary alicyclic amines) is 1. The minimum Gasteiger partial charge on any atom is -0.356 e. The van der Waals surface area contributed by atoms with E-state index in [0.717, 1.165) is 16.7 Å². The fourth-order valence-electron chi connectivity index (χ4n) is 4.37. The number of carbonyl (C=O) groups excluding carboxylic acids is 2. The van der Waals surface area contributed by atoms with Gasteiger partial charge in [-0.15, -0.1) is 0 Å². The highest BCUT2D eigenvalue weighted by atomic mass is 19.1. The summed E-state index contributed by atoms with van der Waals surface area (Å²) in [5.41, 5.74) is 2.78. The van der Waals surface area contributed by atoms with Gasteiger partial charge in [0.1, 0.15) is 5.82 Å². The van der Waals surface area contributed by atoms with E-state index in [1.54, 1.807) is 41.6 Å². The van der Waals surface area contributed by atoms with E-state index >= 15 is 0 Å². The third kappa shape index (κ3) is 4.54. The lowest BCUT2D eigenvalue weighted by Gasteiger charge is -2.28. The SMILES string of the molecule is CCNC(=O)C1(Cc2cccc(-c3ccc(F)cc3)c2)CCN(C(=O)c2ccncc2)C1. The van der Waals surface area contributed by atoms with Crippen molar-refractivity contribution in [2.24, 2.45) is 5.41 Å². The summed E-state index contributed by atoms with van der Waals surface area (Å²) >= 11 is 0. The molecule has 1 atom stereocenters. The zero-order valence-electron chi connectivity index (χ0n) is 18.1. The Labute approximate surface area is 187 Å². The summed E-state index contributed by atoms with van der Waals surface area (Å²) in [4.78, 5) is 31.9. The smallest absolute Gasteiger partial charge is 0.253 e. The number of benzene rings is 2. The first-order valence-electron chi connectivity index (χ1n) is 10.8. The van der Waals surface area contributed by atoms with E-state index in [2.05, 4.69) is 10.3 Å². The van der Waals surface area contributed by atoms with E-state index in [1.807, 2.05) is 31.2 Å². The van der Waals surface area contributed by atoms with Crippen molar-refractivity contribution in [2.75, 3.05) is 19.6 Å². The number of nitrogens with zero attached hydrogens (tertiary/aromatic N) is 2. The minimum absolute atomic E-state index is 0.0304. The van der Waals surface area contributed by atoms with Gasteiger partial charge in [0.05, 0.1) is 5.41 Å². The van der Waals surface area contributed by atoms with Gasteiger partial charge in [-0.1, -0.05) is 36.4 Å². The molecular formula is C26H26FN3O2. The van der Waals surface area contributed by atoms with Gasteiger partial charge in [0.2, 0.25) is 5.91 Å². The molecule has 3 aromatic rings. The van der Waals surface area contributed by atoms with Crippen LogP contribution in [0.25, 0.3) is 11.1 Å². The summed E-state index contributed by atoms with van der Waals surface area (Å²) in [6.07, 6.45) is 4.31. The van der Waals surface area contributed by atoms with E-state index in [9.17, 15) is 14.0 Å². The Kier molecular flexibility index (Phi) is 6.30. The first-order chi connectivity index (χ1) is 15.5. The maximum absolute atomic E-state index is 13.3. The fraction of sp³-hybridized carbons (Fsp3) is 0.269. The number of halogens is 1. The highest BCUT2D eigenvalue weighted by Crippen LogP contribution is 2.36. The van der Waals surface area contributed by atoms with E-state index in [-0.39, 0.29) is 17.6 Å². The second-order valence-electron chi connectivity index (χ2n) is 8.24. The number of aromatic nitrogens is 1. The maximum atomic E-state index is 13.3. The molecule has 2 amide bonds. The molecule has 5 nitrogen and oxygen atoms in total. The molecule has 6 heteroatoms. The van der Waals surface area contributed by atoms with Gasteiger partial charge in [-0.2, -0.15) is 0 Å². The number of amides is 2. The number of nitrogens with one attached hydrogen (secondary N) is 1. The molecule has 2 heterocycles. The monoisotopic (exact) mass is 431 g/mol. The van der Waals surface area contributed by atoms with Gasteiger partial charge in [0, 0.05) is 37.6 Å². The summed E-state index contributed by atoms with van der Waals surface area (Å²) in [5.74, 6) is -0.388. The first-order valence-corrected chi connectivity index (χ1v) is 10.8. The van der Waals surface area contributed by atoms with Gasteiger partial charge < -0.3 is 10.2 Å². The number of carbonyl (C=O) groups is 2. The van der Waals surface area contributed by atoms with Gasteiger partial charge in [-0.3, -0.25) is 14.6 Å². The summed E-state index contributed by atoms with van der Waals surface area (Å²) in [6, 6.07) is 17.7. The van der Waals surface area contributed by atoms with E-state index in [4.69, 9.17) is 0 Å². The molecule has 1 saturated heterocycles. The van der Waals surface area contributed by atoms with Crippen LogP contribution in [0.2, 0.25) is 0 Å². The predicted octanol–water partition coefficient (Wildman–Crippen LogP) is 4.10. The molecule has 1 aliphatic heterocycles. The zero-order chi connectivity index (χ0) is 22.6. The fourth-order valence-corrected chi connectivity index (χ4v) is 4.37. The zero-order valence-corrected chi connectivity index (χ0v) is 18.1. The maximum Gasteiger partial charge on any atom is 0.253 e. The Hall–Kier alpha value is -3.54. The molecule has 164 valence electrons. The lowest BCUT2D eigenvalue weighted by molar-refractivity contribution is -0.130. The second kappa shape index (κ2) is 9.30. The average Bonchev–Trinajstić information content (AvgIpc) is 3.25. The lowest BCUT2D eigenvalue weighted by atomic mass is 9.79. The van der Waals surface area contributed by atoms with Crippen molar-refractivity contribution in [1.29, 1.82) is 0 Å². The molecule has 1 unspecified atom stereocenters. The lowest BCUT2D eigenvalue weighted by Crippen LogP contribution is -2.45. The largest absolute Gasteiger partial charge is 0.356 e. The molecule has 1 fully saturated rings. The van der Waals surface area contributed by atoms with Crippen molar-refractivity contribution < 1.29 is 14.0 Å². The molecule has 0 aliphatic carbocycles. The molecule has 1 aromatic heterocycles. The van der Waals surface area contributed by atoms with Crippen LogP contribution in [-0.2, 0) is 11.2 Å². The van der Waals surface area contributed by atoms with Crippen LogP contribution in [0.3, 0.4) is 0 Å². The second-order valence-corrected chi connectivity index (χ2v) is 8.24. The van der Waals surface area contributed by atoms with Crippen molar-refractivity contribution in [2.45, 2.75) is 19.8 Å². The van der Waals surface area contributed by atoms with E-state index in [1.165, 1.54) is 12.1 Å². The normalized spacial score (nSPS) is 17.9. The van der Waals surface area contributed by atoms with Crippen molar-refractivity contribution in [3.8, 4) is 11.1 Å². The Morgan fingerprint density at radius 1 is 1.06 bits per heavy atom. The van der Waals surface area contributed by atoms with Crippen LogP contribution in [0.15, 0.2) is 73.1 Å². The van der Waals surface area contributed by atoms with Crippen molar-refractivity contribution in [1.82, 2.24) is 15.2 Å². The van der Waals surface area contributed by atoms with Crippen LogP contribution in [0.5, 0.6) is 0 Å². The van der Waals surface area contributed by atoms with Crippen LogP contribution >= 0.6 is 0 Å². The van der Waals surface area contributed by atoms with Gasteiger partial charge in [0.15, 0.2) is 0 Å². The third-order valence-electron chi connectivity index (χ3n) is 6.03. The average molecular weight is 432 g/mol. The topological polar surface area (TPSA) is 62.3 Å². The van der Waals surface area contributed by atoms with E-state index < -0.39 is 5.41 Å². The van der Waals surface area contributed by atoms with Crippen LogP contribution in [0, 0.1) is 11.2 Å². The predicted molar refractivity (Wildman–Crippen MR) is 121 cm³/mol. The highest BCUT2D eigenvalue weighted by molar-refractivity contribution is 5.95. The molecule has 0 spiro atoms. The Balaban J connectivity index is 1.59. The summed E-state index contributed by atoms with van der Waals surface area (Å²) in [6.45, 7) is 3.32. The summed E-state index contributed by atoms with van der Waals surface area (Å²) < 4.78 is 13.3. The number of pyridine rings is 1. The number of rotatable bonds is 6. The van der Waals surface area contributed by atoms with Crippen LogP contribution < -0.4 is 5.32 Å². The first kappa shape index (κ1) is 21.7. The van der Waals surface area contributed by atoms with Crippen molar-refractivity contribution in [3.05, 3.63) is 90.0 Å². The standard InChI is InChI=1S/C26H26FN3O2/c1-2-29-25(32)26(12-15-30(18-26)24(31)21-10-13-28-14-11-21)17-19-4-3-5-22(16-19)20-6-8-23(27)9-7-20/h3-11,13-14,16H,2,12,15,17-18H2,1H3,(H,29,32). The molecule has 0 radical (unpaired) electrons.